The maximum absolute atomic E-state index is 11.8. The van der Waals surface area contributed by atoms with Crippen molar-refractivity contribution in [3.05, 3.63) is 0 Å². The zero-order valence-electron chi connectivity index (χ0n) is 9.44. The number of hydrogen-bond acceptors (Lipinski definition) is 3. The third kappa shape index (κ3) is 5.14. The molecule has 0 spiro atoms. The molecule has 2 N–H and O–H groups in total. The molecule has 3 nitrogen and oxygen atoms in total. The number of nitrogens with one attached hydrogen (secondary N) is 2. The third-order valence-corrected chi connectivity index (χ3v) is 2.79. The molecule has 0 saturated heterocycles. The van der Waals surface area contributed by atoms with E-state index in [0.29, 0.717) is 13.1 Å². The summed E-state index contributed by atoms with van der Waals surface area (Å²) in [4.78, 5) is 0. The van der Waals surface area contributed by atoms with Crippen LogP contribution in [0.1, 0.15) is 19.3 Å². The highest BCUT2D eigenvalue weighted by atomic mass is 19.4. The summed E-state index contributed by atoms with van der Waals surface area (Å²) in [5, 5.41) is 5.57. The van der Waals surface area contributed by atoms with Crippen LogP contribution < -0.4 is 10.6 Å². The first-order valence-electron chi connectivity index (χ1n) is 5.56. The first-order chi connectivity index (χ1) is 7.53. The SMILES string of the molecule is COC1CCCC1NCCNCC(F)(F)F. The van der Waals surface area contributed by atoms with Gasteiger partial charge < -0.3 is 15.4 Å². The van der Waals surface area contributed by atoms with Crippen LogP contribution >= 0.6 is 0 Å². The van der Waals surface area contributed by atoms with E-state index in [1.165, 1.54) is 0 Å². The summed E-state index contributed by atoms with van der Waals surface area (Å²) in [7, 11) is 1.67. The summed E-state index contributed by atoms with van der Waals surface area (Å²) in [6, 6.07) is 0.290. The molecule has 0 heterocycles. The molecule has 0 aromatic rings. The fourth-order valence-corrected chi connectivity index (χ4v) is 2.02. The topological polar surface area (TPSA) is 33.3 Å². The lowest BCUT2D eigenvalue weighted by Crippen LogP contribution is -2.41. The highest BCUT2D eigenvalue weighted by Gasteiger charge is 2.27. The Morgan fingerprint density at radius 3 is 2.62 bits per heavy atom. The van der Waals surface area contributed by atoms with Crippen molar-refractivity contribution in [1.82, 2.24) is 10.6 Å². The first kappa shape index (κ1) is 13.7. The lowest BCUT2D eigenvalue weighted by atomic mass is 10.2. The molecule has 1 fully saturated rings. The van der Waals surface area contributed by atoms with E-state index < -0.39 is 12.7 Å². The molecule has 1 aliphatic rings. The van der Waals surface area contributed by atoms with E-state index in [1.54, 1.807) is 7.11 Å². The van der Waals surface area contributed by atoms with Gasteiger partial charge in [0, 0.05) is 26.2 Å². The van der Waals surface area contributed by atoms with E-state index >= 15 is 0 Å². The molecule has 16 heavy (non-hydrogen) atoms. The number of rotatable bonds is 6. The number of methoxy groups -OCH3 is 1. The number of halogens is 3. The average Bonchev–Trinajstić information content (AvgIpc) is 2.63. The smallest absolute Gasteiger partial charge is 0.380 e. The van der Waals surface area contributed by atoms with Crippen LogP contribution in [0.5, 0.6) is 0 Å². The van der Waals surface area contributed by atoms with Gasteiger partial charge in [0.05, 0.1) is 12.6 Å². The molecular formula is C10H19F3N2O. The Balaban J connectivity index is 2.03. The lowest BCUT2D eigenvalue weighted by Gasteiger charge is -2.19. The van der Waals surface area contributed by atoms with Gasteiger partial charge in [0.2, 0.25) is 0 Å². The molecule has 1 rings (SSSR count). The second kappa shape index (κ2) is 6.42. The predicted octanol–water partition coefficient (Wildman–Crippen LogP) is 1.30. The lowest BCUT2D eigenvalue weighted by molar-refractivity contribution is -0.124. The van der Waals surface area contributed by atoms with E-state index in [9.17, 15) is 13.2 Å². The molecule has 0 aromatic carbocycles. The van der Waals surface area contributed by atoms with Crippen molar-refractivity contribution in [3.8, 4) is 0 Å². The molecule has 0 amide bonds. The summed E-state index contributed by atoms with van der Waals surface area (Å²) in [5.41, 5.74) is 0. The van der Waals surface area contributed by atoms with Gasteiger partial charge in [-0.2, -0.15) is 13.2 Å². The Bertz CT molecular complexity index is 199. The van der Waals surface area contributed by atoms with Crippen molar-refractivity contribution in [3.63, 3.8) is 0 Å². The van der Waals surface area contributed by atoms with E-state index in [2.05, 4.69) is 10.6 Å². The van der Waals surface area contributed by atoms with Crippen LogP contribution in [-0.2, 0) is 4.74 Å². The van der Waals surface area contributed by atoms with Crippen molar-refractivity contribution in [2.75, 3.05) is 26.7 Å². The Kier molecular flexibility index (Phi) is 5.51. The summed E-state index contributed by atoms with van der Waals surface area (Å²) < 4.78 is 40.7. The molecule has 0 bridgehead atoms. The Morgan fingerprint density at radius 1 is 1.25 bits per heavy atom. The number of hydrogen-bond donors (Lipinski definition) is 2. The normalized spacial score (nSPS) is 26.2. The quantitative estimate of drug-likeness (QED) is 0.686. The minimum absolute atomic E-state index is 0.211. The maximum atomic E-state index is 11.8. The van der Waals surface area contributed by atoms with Gasteiger partial charge in [-0.25, -0.2) is 0 Å². The first-order valence-corrected chi connectivity index (χ1v) is 5.56. The second-order valence-electron chi connectivity index (χ2n) is 4.06. The standard InChI is InChI=1S/C10H19F3N2O/c1-16-9-4-2-3-8(9)15-6-5-14-7-10(11,12)13/h8-9,14-15H,2-7H2,1H3. The Morgan fingerprint density at radius 2 is 2.00 bits per heavy atom. The van der Waals surface area contributed by atoms with E-state index in [4.69, 9.17) is 4.74 Å². The van der Waals surface area contributed by atoms with E-state index in [0.717, 1.165) is 19.3 Å². The predicted molar refractivity (Wildman–Crippen MR) is 55.4 cm³/mol. The molecule has 2 unspecified atom stereocenters. The zero-order valence-corrected chi connectivity index (χ0v) is 9.44. The van der Waals surface area contributed by atoms with Crippen LogP contribution in [-0.4, -0.2) is 45.1 Å². The van der Waals surface area contributed by atoms with E-state index in [1.807, 2.05) is 0 Å². The molecule has 2 atom stereocenters. The monoisotopic (exact) mass is 240 g/mol. The summed E-state index contributed by atoms with van der Waals surface area (Å²) in [6.45, 7) is -0.0555. The zero-order chi connectivity index (χ0) is 12.0. The fourth-order valence-electron chi connectivity index (χ4n) is 2.02. The van der Waals surface area contributed by atoms with Crippen molar-refractivity contribution in [1.29, 1.82) is 0 Å². The number of alkyl halides is 3. The van der Waals surface area contributed by atoms with Gasteiger partial charge in [0.15, 0.2) is 0 Å². The molecule has 6 heteroatoms. The molecule has 96 valence electrons. The molecule has 1 saturated carbocycles. The molecule has 1 aliphatic carbocycles. The minimum Gasteiger partial charge on any atom is -0.380 e. The molecular weight excluding hydrogens is 221 g/mol. The van der Waals surface area contributed by atoms with Gasteiger partial charge in [-0.1, -0.05) is 0 Å². The van der Waals surface area contributed by atoms with Gasteiger partial charge in [-0.3, -0.25) is 0 Å². The van der Waals surface area contributed by atoms with Crippen LogP contribution in [0, 0.1) is 0 Å². The van der Waals surface area contributed by atoms with Crippen molar-refractivity contribution in [2.45, 2.75) is 37.6 Å². The van der Waals surface area contributed by atoms with Crippen LogP contribution in [0.4, 0.5) is 13.2 Å². The summed E-state index contributed by atoms with van der Waals surface area (Å²) in [5.74, 6) is 0. The van der Waals surface area contributed by atoms with Gasteiger partial charge >= 0.3 is 6.18 Å². The maximum Gasteiger partial charge on any atom is 0.401 e. The summed E-state index contributed by atoms with van der Waals surface area (Å²) >= 11 is 0. The molecule has 0 aliphatic heterocycles. The number of ether oxygens (including phenoxy) is 1. The summed E-state index contributed by atoms with van der Waals surface area (Å²) in [6.07, 6.45) is -0.723. The molecule has 0 radical (unpaired) electrons. The second-order valence-corrected chi connectivity index (χ2v) is 4.06. The van der Waals surface area contributed by atoms with Crippen molar-refractivity contribution >= 4 is 0 Å². The highest BCUT2D eigenvalue weighted by molar-refractivity contribution is 4.83. The minimum atomic E-state index is -4.12. The largest absolute Gasteiger partial charge is 0.401 e. The third-order valence-electron chi connectivity index (χ3n) is 2.79. The Labute approximate surface area is 93.7 Å². The van der Waals surface area contributed by atoms with Gasteiger partial charge in [-0.05, 0) is 19.3 Å². The van der Waals surface area contributed by atoms with Crippen LogP contribution in [0.2, 0.25) is 0 Å². The van der Waals surface area contributed by atoms with Crippen LogP contribution in [0.15, 0.2) is 0 Å². The van der Waals surface area contributed by atoms with Crippen molar-refractivity contribution < 1.29 is 17.9 Å². The molecule has 0 aromatic heterocycles. The van der Waals surface area contributed by atoms with E-state index in [-0.39, 0.29) is 12.1 Å². The van der Waals surface area contributed by atoms with Crippen LogP contribution in [0.25, 0.3) is 0 Å². The fraction of sp³-hybridized carbons (Fsp3) is 1.00. The Hall–Kier alpha value is -0.330. The van der Waals surface area contributed by atoms with Gasteiger partial charge in [-0.15, -0.1) is 0 Å². The highest BCUT2D eigenvalue weighted by Crippen LogP contribution is 2.21. The van der Waals surface area contributed by atoms with Gasteiger partial charge in [0.25, 0.3) is 0 Å². The average molecular weight is 240 g/mol. The van der Waals surface area contributed by atoms with Gasteiger partial charge in [0.1, 0.15) is 0 Å². The van der Waals surface area contributed by atoms with Crippen LogP contribution in [0.3, 0.4) is 0 Å². The van der Waals surface area contributed by atoms with Crippen molar-refractivity contribution in [2.24, 2.45) is 0 Å².